The first-order valence-electron chi connectivity index (χ1n) is 8.00. The maximum absolute atomic E-state index is 12.5. The Bertz CT molecular complexity index is 642. The molecule has 2 rings (SSSR count). The lowest BCUT2D eigenvalue weighted by atomic mass is 9.83. The van der Waals surface area contributed by atoms with Crippen LogP contribution in [0.5, 0.6) is 0 Å². The van der Waals surface area contributed by atoms with Gasteiger partial charge in [-0.1, -0.05) is 45.9 Å². The second-order valence-corrected chi connectivity index (χ2v) is 7.15. The van der Waals surface area contributed by atoms with Crippen molar-refractivity contribution in [3.63, 3.8) is 0 Å². The van der Waals surface area contributed by atoms with Crippen molar-refractivity contribution in [1.29, 1.82) is 0 Å². The summed E-state index contributed by atoms with van der Waals surface area (Å²) in [4.78, 5) is 14.6. The number of likely N-dealkylation sites (N-methyl/N-ethyl adjacent to an activating group) is 1. The van der Waals surface area contributed by atoms with Gasteiger partial charge in [0.05, 0.1) is 0 Å². The first kappa shape index (κ1) is 16.5. The third-order valence-electron chi connectivity index (χ3n) is 4.22. The van der Waals surface area contributed by atoms with Gasteiger partial charge in [-0.3, -0.25) is 4.79 Å². The molecule has 1 aromatic carbocycles. The number of hydrogen-bond donors (Lipinski definition) is 0. The van der Waals surface area contributed by atoms with Crippen molar-refractivity contribution in [3.05, 3.63) is 52.7 Å². The van der Waals surface area contributed by atoms with E-state index in [0.717, 1.165) is 17.5 Å². The number of allylic oxidation sites excluding steroid dienone is 3. The van der Waals surface area contributed by atoms with Gasteiger partial charge in [0.2, 0.25) is 0 Å². The third-order valence-corrected chi connectivity index (χ3v) is 4.22. The van der Waals surface area contributed by atoms with Crippen LogP contribution in [0.4, 0.5) is 0 Å². The van der Waals surface area contributed by atoms with E-state index in [9.17, 15) is 4.79 Å². The Hall–Kier alpha value is -1.83. The highest BCUT2D eigenvalue weighted by Crippen LogP contribution is 2.34. The standard InChI is InChI=1S/C20H27NO/c1-7-19(22)17-13-14(20(2,3)4)11-12-15(17)16-9-8-10-18(16)21(5)6/h8,10-13H,7,9H2,1-6H3. The number of rotatable bonds is 4. The molecule has 0 fully saturated rings. The molecule has 2 heteroatoms. The predicted octanol–water partition coefficient (Wildman–Crippen LogP) is 4.81. The zero-order chi connectivity index (χ0) is 16.5. The van der Waals surface area contributed by atoms with E-state index in [2.05, 4.69) is 70.1 Å². The van der Waals surface area contributed by atoms with Gasteiger partial charge in [-0.15, -0.1) is 0 Å². The van der Waals surface area contributed by atoms with Gasteiger partial charge in [0.25, 0.3) is 0 Å². The molecule has 0 unspecified atom stereocenters. The van der Waals surface area contributed by atoms with E-state index in [1.54, 1.807) is 0 Å². The SMILES string of the molecule is CCC(=O)c1cc(C(C)(C)C)ccc1C1=C(N(C)C)C=CC1. The molecule has 0 spiro atoms. The Morgan fingerprint density at radius 2 is 1.91 bits per heavy atom. The molecule has 22 heavy (non-hydrogen) atoms. The minimum absolute atomic E-state index is 0.0496. The van der Waals surface area contributed by atoms with E-state index in [0.29, 0.717) is 6.42 Å². The molecule has 1 aromatic rings. The molecular formula is C20H27NO. The highest BCUT2D eigenvalue weighted by molar-refractivity contribution is 6.01. The molecule has 0 saturated heterocycles. The van der Waals surface area contributed by atoms with Gasteiger partial charge in [-0.25, -0.2) is 0 Å². The van der Waals surface area contributed by atoms with E-state index in [1.165, 1.54) is 16.8 Å². The van der Waals surface area contributed by atoms with Gasteiger partial charge in [0.15, 0.2) is 5.78 Å². The number of benzene rings is 1. The monoisotopic (exact) mass is 297 g/mol. The van der Waals surface area contributed by atoms with Crippen molar-refractivity contribution in [2.24, 2.45) is 0 Å². The molecule has 0 atom stereocenters. The Morgan fingerprint density at radius 3 is 2.45 bits per heavy atom. The number of nitrogens with zero attached hydrogens (tertiary/aromatic N) is 1. The van der Waals surface area contributed by atoms with E-state index >= 15 is 0 Å². The van der Waals surface area contributed by atoms with Crippen molar-refractivity contribution < 1.29 is 4.79 Å². The van der Waals surface area contributed by atoms with Crippen LogP contribution in [0.3, 0.4) is 0 Å². The summed E-state index contributed by atoms with van der Waals surface area (Å²) in [5.74, 6) is 0.221. The van der Waals surface area contributed by atoms with Gasteiger partial charge < -0.3 is 4.90 Å². The topological polar surface area (TPSA) is 20.3 Å². The summed E-state index contributed by atoms with van der Waals surface area (Å²) >= 11 is 0. The van der Waals surface area contributed by atoms with Crippen molar-refractivity contribution >= 4 is 11.4 Å². The van der Waals surface area contributed by atoms with E-state index in [-0.39, 0.29) is 11.2 Å². The smallest absolute Gasteiger partial charge is 0.163 e. The van der Waals surface area contributed by atoms with Crippen LogP contribution in [0.25, 0.3) is 5.57 Å². The average molecular weight is 297 g/mol. The van der Waals surface area contributed by atoms with Crippen molar-refractivity contribution in [2.45, 2.75) is 46.0 Å². The van der Waals surface area contributed by atoms with Crippen LogP contribution in [0.15, 0.2) is 36.0 Å². The Labute approximate surface area is 134 Å². The highest BCUT2D eigenvalue weighted by atomic mass is 16.1. The van der Waals surface area contributed by atoms with E-state index < -0.39 is 0 Å². The lowest BCUT2D eigenvalue weighted by molar-refractivity contribution is 0.0987. The Kier molecular flexibility index (Phi) is 4.60. The van der Waals surface area contributed by atoms with Crippen LogP contribution in [-0.4, -0.2) is 24.8 Å². The summed E-state index contributed by atoms with van der Waals surface area (Å²) in [6.07, 6.45) is 5.75. The molecule has 0 bridgehead atoms. The number of carbonyl (C=O) groups excluding carboxylic acids is 1. The van der Waals surface area contributed by atoms with Crippen LogP contribution in [-0.2, 0) is 5.41 Å². The zero-order valence-electron chi connectivity index (χ0n) is 14.7. The van der Waals surface area contributed by atoms with Crippen LogP contribution in [0.2, 0.25) is 0 Å². The van der Waals surface area contributed by atoms with Crippen LogP contribution < -0.4 is 0 Å². The summed E-state index contributed by atoms with van der Waals surface area (Å²) in [5, 5.41) is 0. The minimum Gasteiger partial charge on any atom is -0.377 e. The summed E-state index contributed by atoms with van der Waals surface area (Å²) in [5.41, 5.74) is 5.68. The molecular weight excluding hydrogens is 270 g/mol. The first-order valence-corrected chi connectivity index (χ1v) is 8.00. The summed E-state index contributed by atoms with van der Waals surface area (Å²) in [7, 11) is 4.10. The number of carbonyl (C=O) groups is 1. The Morgan fingerprint density at radius 1 is 1.23 bits per heavy atom. The fraction of sp³-hybridized carbons (Fsp3) is 0.450. The molecule has 1 aliphatic rings. The van der Waals surface area contributed by atoms with Crippen molar-refractivity contribution in [1.82, 2.24) is 4.90 Å². The second-order valence-electron chi connectivity index (χ2n) is 7.15. The second kappa shape index (κ2) is 6.12. The van der Waals surface area contributed by atoms with Gasteiger partial charge in [-0.2, -0.15) is 0 Å². The maximum Gasteiger partial charge on any atom is 0.163 e. The number of ketones is 1. The normalized spacial score (nSPS) is 14.6. The molecule has 0 heterocycles. The fourth-order valence-corrected chi connectivity index (χ4v) is 2.86. The third kappa shape index (κ3) is 3.16. The lowest BCUT2D eigenvalue weighted by Gasteiger charge is -2.23. The minimum atomic E-state index is 0.0496. The molecule has 0 amide bonds. The summed E-state index contributed by atoms with van der Waals surface area (Å²) < 4.78 is 0. The average Bonchev–Trinajstić information content (AvgIpc) is 2.94. The van der Waals surface area contributed by atoms with Crippen LogP contribution in [0, 0.1) is 0 Å². The summed E-state index contributed by atoms with van der Waals surface area (Å²) in [6, 6.07) is 6.40. The van der Waals surface area contributed by atoms with Crippen molar-refractivity contribution in [2.75, 3.05) is 14.1 Å². The molecule has 0 aromatic heterocycles. The van der Waals surface area contributed by atoms with Gasteiger partial charge in [-0.05, 0) is 40.7 Å². The fourth-order valence-electron chi connectivity index (χ4n) is 2.86. The maximum atomic E-state index is 12.5. The predicted molar refractivity (Wildman–Crippen MR) is 94.1 cm³/mol. The Balaban J connectivity index is 2.62. The van der Waals surface area contributed by atoms with E-state index in [4.69, 9.17) is 0 Å². The van der Waals surface area contributed by atoms with E-state index in [1.807, 2.05) is 6.92 Å². The van der Waals surface area contributed by atoms with Gasteiger partial charge in [0.1, 0.15) is 0 Å². The number of Topliss-reactive ketones (excluding diaryl/α,β-unsaturated/α-hetero) is 1. The van der Waals surface area contributed by atoms with Crippen LogP contribution in [0.1, 0.15) is 62.0 Å². The first-order chi connectivity index (χ1) is 10.3. The molecule has 0 saturated carbocycles. The van der Waals surface area contributed by atoms with Crippen LogP contribution >= 0.6 is 0 Å². The van der Waals surface area contributed by atoms with Crippen molar-refractivity contribution in [3.8, 4) is 0 Å². The largest absolute Gasteiger partial charge is 0.377 e. The zero-order valence-corrected chi connectivity index (χ0v) is 14.7. The summed E-state index contributed by atoms with van der Waals surface area (Å²) in [6.45, 7) is 8.49. The quantitative estimate of drug-likeness (QED) is 0.743. The molecule has 0 aliphatic heterocycles. The highest BCUT2D eigenvalue weighted by Gasteiger charge is 2.22. The lowest BCUT2D eigenvalue weighted by Crippen LogP contribution is -2.15. The molecule has 1 aliphatic carbocycles. The molecule has 0 radical (unpaired) electrons. The number of hydrogen-bond acceptors (Lipinski definition) is 2. The molecule has 118 valence electrons. The van der Waals surface area contributed by atoms with Gasteiger partial charge in [0, 0.05) is 31.8 Å². The van der Waals surface area contributed by atoms with Gasteiger partial charge >= 0.3 is 0 Å². The molecule has 2 nitrogen and oxygen atoms in total. The molecule has 0 N–H and O–H groups in total.